The molecule has 3 heterocycles. The minimum absolute atomic E-state index is 0.130. The van der Waals surface area contributed by atoms with Gasteiger partial charge in [-0.05, 0) is 55.5 Å². The second kappa shape index (κ2) is 9.52. The van der Waals surface area contributed by atoms with Crippen LogP contribution in [0.4, 0.5) is 10.6 Å². The number of aromatic nitrogens is 2. The van der Waals surface area contributed by atoms with Crippen LogP contribution in [0.2, 0.25) is 0 Å². The molecule has 1 N–H and O–H groups in total. The fourth-order valence-electron chi connectivity index (χ4n) is 3.61. The number of nitrogens with zero attached hydrogens (tertiary/aromatic N) is 3. The number of rotatable bonds is 4. The van der Waals surface area contributed by atoms with Gasteiger partial charge in [0, 0.05) is 25.9 Å². The molecule has 0 aliphatic carbocycles. The highest BCUT2D eigenvalue weighted by molar-refractivity contribution is 5.88. The molecule has 29 heavy (non-hydrogen) atoms. The fourth-order valence-corrected chi connectivity index (χ4v) is 3.61. The Morgan fingerprint density at radius 3 is 2.90 bits per heavy atom. The van der Waals surface area contributed by atoms with Crippen LogP contribution in [0.3, 0.4) is 0 Å². The molecule has 1 unspecified atom stereocenters. The highest BCUT2D eigenvalue weighted by Crippen LogP contribution is 2.23. The number of benzene rings is 1. The van der Waals surface area contributed by atoms with Gasteiger partial charge in [-0.3, -0.25) is 5.32 Å². The summed E-state index contributed by atoms with van der Waals surface area (Å²) in [6.07, 6.45) is 7.74. The van der Waals surface area contributed by atoms with Crippen molar-refractivity contribution in [3.8, 4) is 5.75 Å². The first-order valence-electron chi connectivity index (χ1n) is 10.1. The van der Waals surface area contributed by atoms with Crippen molar-refractivity contribution in [1.29, 1.82) is 0 Å². The number of carbonyl (C=O) groups excluding carboxylic acids is 1. The Hall–Kier alpha value is -2.93. The van der Waals surface area contributed by atoms with Gasteiger partial charge in [0.25, 0.3) is 0 Å². The molecule has 0 saturated carbocycles. The summed E-state index contributed by atoms with van der Waals surface area (Å²) >= 11 is 0. The number of likely N-dealkylation sites (tertiary alicyclic amines) is 1. The van der Waals surface area contributed by atoms with Crippen molar-refractivity contribution in [2.24, 2.45) is 0 Å². The Kier molecular flexibility index (Phi) is 6.36. The summed E-state index contributed by atoms with van der Waals surface area (Å²) in [6, 6.07) is 11.5. The van der Waals surface area contributed by atoms with Gasteiger partial charge in [-0.2, -0.15) is 5.10 Å². The summed E-state index contributed by atoms with van der Waals surface area (Å²) in [5.41, 5.74) is 2.47. The smallest absolute Gasteiger partial charge is 0.323 e. The molecule has 1 aromatic heterocycles. The number of nitrogens with one attached hydrogen (secondary N) is 1. The molecule has 1 aromatic carbocycles. The predicted octanol–water partition coefficient (Wildman–Crippen LogP) is 3.75. The van der Waals surface area contributed by atoms with E-state index in [1.54, 1.807) is 18.3 Å². The van der Waals surface area contributed by atoms with Crippen LogP contribution in [-0.2, 0) is 4.74 Å². The largest absolute Gasteiger partial charge is 0.488 e. The lowest BCUT2D eigenvalue weighted by atomic mass is 10.0. The van der Waals surface area contributed by atoms with Crippen LogP contribution in [0.15, 0.2) is 48.2 Å². The molecule has 2 aromatic rings. The third-order valence-electron chi connectivity index (χ3n) is 5.15. The van der Waals surface area contributed by atoms with Gasteiger partial charge >= 0.3 is 6.03 Å². The number of carbonyl (C=O) groups is 1. The van der Waals surface area contributed by atoms with E-state index in [1.807, 2.05) is 17.0 Å². The number of piperidine rings is 1. The van der Waals surface area contributed by atoms with Crippen molar-refractivity contribution in [1.82, 2.24) is 15.1 Å². The topological polar surface area (TPSA) is 76.6 Å². The minimum Gasteiger partial charge on any atom is -0.488 e. The van der Waals surface area contributed by atoms with E-state index < -0.39 is 0 Å². The van der Waals surface area contributed by atoms with Crippen molar-refractivity contribution in [2.75, 3.05) is 31.6 Å². The van der Waals surface area contributed by atoms with Gasteiger partial charge in [0.1, 0.15) is 11.9 Å². The number of amides is 2. The van der Waals surface area contributed by atoms with Crippen LogP contribution in [-0.4, -0.2) is 53.5 Å². The lowest BCUT2D eigenvalue weighted by Gasteiger charge is -2.28. The monoisotopic (exact) mass is 394 g/mol. The maximum absolute atomic E-state index is 12.4. The van der Waals surface area contributed by atoms with Gasteiger partial charge < -0.3 is 14.4 Å². The number of anilines is 1. The van der Waals surface area contributed by atoms with Crippen LogP contribution in [0.5, 0.6) is 5.75 Å². The molecule has 1 atom stereocenters. The van der Waals surface area contributed by atoms with E-state index in [0.717, 1.165) is 43.6 Å². The Balaban J connectivity index is 1.31. The first-order valence-corrected chi connectivity index (χ1v) is 10.1. The SMILES string of the molecule is O=C(Nc1cccnn1)N1CCC(=Cc2cccc(OC3CCCOC3)c2)CC1. The minimum atomic E-state index is -0.130. The maximum atomic E-state index is 12.4. The van der Waals surface area contributed by atoms with E-state index in [2.05, 4.69) is 33.7 Å². The summed E-state index contributed by atoms with van der Waals surface area (Å²) in [6.45, 7) is 2.87. The lowest BCUT2D eigenvalue weighted by molar-refractivity contribution is 0.00742. The average molecular weight is 394 g/mol. The normalized spacial score (nSPS) is 19.5. The highest BCUT2D eigenvalue weighted by Gasteiger charge is 2.19. The summed E-state index contributed by atoms with van der Waals surface area (Å²) in [7, 11) is 0. The van der Waals surface area contributed by atoms with Crippen LogP contribution in [0.25, 0.3) is 6.08 Å². The van der Waals surface area contributed by atoms with Gasteiger partial charge in [-0.1, -0.05) is 23.8 Å². The molecule has 0 spiro atoms. The second-order valence-corrected chi connectivity index (χ2v) is 7.36. The van der Waals surface area contributed by atoms with E-state index in [-0.39, 0.29) is 12.1 Å². The number of urea groups is 1. The van der Waals surface area contributed by atoms with Gasteiger partial charge in [0.15, 0.2) is 5.82 Å². The molecule has 2 amide bonds. The molecule has 2 aliphatic rings. The Labute approximate surface area is 170 Å². The summed E-state index contributed by atoms with van der Waals surface area (Å²) in [5, 5.41) is 10.5. The van der Waals surface area contributed by atoms with Gasteiger partial charge in [0.2, 0.25) is 0 Å². The summed E-state index contributed by atoms with van der Waals surface area (Å²) in [4.78, 5) is 14.2. The van der Waals surface area contributed by atoms with Crippen LogP contribution >= 0.6 is 0 Å². The van der Waals surface area contributed by atoms with Crippen LogP contribution < -0.4 is 10.1 Å². The molecule has 2 fully saturated rings. The molecule has 4 rings (SSSR count). The molecule has 152 valence electrons. The van der Waals surface area contributed by atoms with Crippen molar-refractivity contribution in [3.63, 3.8) is 0 Å². The summed E-state index contributed by atoms with van der Waals surface area (Å²) in [5.74, 6) is 1.36. The van der Waals surface area contributed by atoms with Crippen LogP contribution in [0, 0.1) is 0 Å². The predicted molar refractivity (Wildman–Crippen MR) is 111 cm³/mol. The molecule has 7 heteroatoms. The zero-order valence-corrected chi connectivity index (χ0v) is 16.4. The molecule has 0 radical (unpaired) electrons. The third kappa shape index (κ3) is 5.54. The zero-order chi connectivity index (χ0) is 19.9. The average Bonchev–Trinajstić information content (AvgIpc) is 2.76. The number of hydrogen-bond acceptors (Lipinski definition) is 5. The quantitative estimate of drug-likeness (QED) is 0.855. The standard InChI is InChI=1S/C22H26N4O3/c27-22(24-21-7-2-10-23-25-21)26-11-8-17(9-12-26)14-18-4-1-5-19(15-18)29-20-6-3-13-28-16-20/h1-2,4-5,7,10,14-15,20H,3,6,8-9,11-13,16H2,(H,24,25,27). The van der Waals surface area contributed by atoms with Gasteiger partial charge in [-0.15, -0.1) is 5.10 Å². The lowest BCUT2D eigenvalue weighted by Crippen LogP contribution is -2.39. The molecule has 7 nitrogen and oxygen atoms in total. The zero-order valence-electron chi connectivity index (χ0n) is 16.4. The highest BCUT2D eigenvalue weighted by atomic mass is 16.5. The molecule has 2 saturated heterocycles. The Bertz CT molecular complexity index is 840. The first-order chi connectivity index (χ1) is 14.3. The molecular weight excluding hydrogens is 368 g/mol. The van der Waals surface area contributed by atoms with E-state index in [9.17, 15) is 4.79 Å². The number of ether oxygens (including phenoxy) is 2. The van der Waals surface area contributed by atoms with Crippen molar-refractivity contribution >= 4 is 17.9 Å². The Morgan fingerprint density at radius 2 is 2.14 bits per heavy atom. The van der Waals surface area contributed by atoms with E-state index in [0.29, 0.717) is 25.5 Å². The Morgan fingerprint density at radius 1 is 1.24 bits per heavy atom. The van der Waals surface area contributed by atoms with Crippen molar-refractivity contribution in [3.05, 3.63) is 53.7 Å². The van der Waals surface area contributed by atoms with E-state index in [1.165, 1.54) is 5.57 Å². The first kappa shape index (κ1) is 19.4. The van der Waals surface area contributed by atoms with Crippen molar-refractivity contribution < 1.29 is 14.3 Å². The summed E-state index contributed by atoms with van der Waals surface area (Å²) < 4.78 is 11.6. The van der Waals surface area contributed by atoms with Crippen molar-refractivity contribution in [2.45, 2.75) is 31.8 Å². The van der Waals surface area contributed by atoms with Gasteiger partial charge in [-0.25, -0.2) is 4.79 Å². The van der Waals surface area contributed by atoms with Gasteiger partial charge in [0.05, 0.1) is 6.61 Å². The molecule has 2 aliphatic heterocycles. The van der Waals surface area contributed by atoms with E-state index in [4.69, 9.17) is 9.47 Å². The second-order valence-electron chi connectivity index (χ2n) is 7.36. The maximum Gasteiger partial charge on any atom is 0.323 e. The molecular formula is C22H26N4O3. The third-order valence-corrected chi connectivity index (χ3v) is 5.15. The molecule has 0 bridgehead atoms. The fraction of sp³-hybridized carbons (Fsp3) is 0.409. The van der Waals surface area contributed by atoms with Crippen LogP contribution in [0.1, 0.15) is 31.2 Å². The van der Waals surface area contributed by atoms with E-state index >= 15 is 0 Å². The number of hydrogen-bond donors (Lipinski definition) is 1.